The van der Waals surface area contributed by atoms with Gasteiger partial charge in [0.25, 0.3) is 5.91 Å². The van der Waals surface area contributed by atoms with Crippen molar-refractivity contribution in [1.29, 1.82) is 0 Å². The SMILES string of the molecule is C=C(F)C(=O)Nc1ccc2c(-c3ccccc3CNc3nc(NC[C@@H]4CCNC[C@H]4O)nc4c(C(C)C)cnn34)nccc2c1. The number of pyridine rings is 1. The number of aliphatic hydroxyl groups is 1. The van der Waals surface area contributed by atoms with Crippen molar-refractivity contribution in [3.8, 4) is 11.3 Å². The van der Waals surface area contributed by atoms with Gasteiger partial charge in [0.15, 0.2) is 11.5 Å². The fraction of sp³-hybridized carbons (Fsp3) is 0.303. The Morgan fingerprint density at radius 1 is 1.18 bits per heavy atom. The molecule has 0 spiro atoms. The Balaban J connectivity index is 1.29. The van der Waals surface area contributed by atoms with Crippen molar-refractivity contribution < 1.29 is 14.3 Å². The van der Waals surface area contributed by atoms with E-state index in [2.05, 4.69) is 46.8 Å². The van der Waals surface area contributed by atoms with Crippen molar-refractivity contribution in [3.05, 3.63) is 84.5 Å². The highest BCUT2D eigenvalue weighted by molar-refractivity contribution is 6.04. The van der Waals surface area contributed by atoms with E-state index in [0.29, 0.717) is 37.2 Å². The molecule has 11 nitrogen and oxygen atoms in total. The van der Waals surface area contributed by atoms with Crippen LogP contribution >= 0.6 is 0 Å². The third kappa shape index (κ3) is 6.47. The molecule has 5 aromatic rings. The zero-order valence-electron chi connectivity index (χ0n) is 25.2. The van der Waals surface area contributed by atoms with Crippen molar-refractivity contribution >= 4 is 39.9 Å². The number of β-amino-alcohol motifs (C(OH)–C–C–N with tert-alkyl or cyclic N) is 1. The Hall–Kier alpha value is -4.94. The molecule has 1 aliphatic rings. The zero-order chi connectivity index (χ0) is 31.5. The van der Waals surface area contributed by atoms with E-state index in [1.807, 2.05) is 42.6 Å². The van der Waals surface area contributed by atoms with Crippen LogP contribution in [-0.2, 0) is 11.3 Å². The van der Waals surface area contributed by atoms with Gasteiger partial charge in [0, 0.05) is 53.9 Å². The van der Waals surface area contributed by atoms with Gasteiger partial charge in [0.2, 0.25) is 11.9 Å². The minimum atomic E-state index is -1.05. The Kier molecular flexibility index (Phi) is 8.67. The molecular formula is C33H36FN9O2. The number of nitrogens with zero attached hydrogens (tertiary/aromatic N) is 5. The molecule has 0 saturated carbocycles. The molecule has 45 heavy (non-hydrogen) atoms. The number of aromatic nitrogens is 5. The summed E-state index contributed by atoms with van der Waals surface area (Å²) in [7, 11) is 0. The quantitative estimate of drug-likeness (QED) is 0.140. The first-order valence-corrected chi connectivity index (χ1v) is 15.0. The largest absolute Gasteiger partial charge is 0.391 e. The number of nitrogens with one attached hydrogen (secondary N) is 4. The number of piperidine rings is 1. The molecule has 1 saturated heterocycles. The fourth-order valence-corrected chi connectivity index (χ4v) is 5.60. The highest BCUT2D eigenvalue weighted by Gasteiger charge is 2.23. The Morgan fingerprint density at radius 2 is 2.02 bits per heavy atom. The lowest BCUT2D eigenvalue weighted by atomic mass is 9.95. The lowest BCUT2D eigenvalue weighted by Crippen LogP contribution is -2.43. The molecule has 0 aliphatic carbocycles. The summed E-state index contributed by atoms with van der Waals surface area (Å²) < 4.78 is 15.0. The summed E-state index contributed by atoms with van der Waals surface area (Å²) in [6.45, 7) is 9.70. The van der Waals surface area contributed by atoms with Crippen LogP contribution < -0.4 is 21.3 Å². The molecule has 2 atom stereocenters. The number of anilines is 3. The van der Waals surface area contributed by atoms with Gasteiger partial charge < -0.3 is 26.4 Å². The van der Waals surface area contributed by atoms with Gasteiger partial charge in [-0.1, -0.05) is 50.8 Å². The number of halogens is 1. The number of amides is 1. The Morgan fingerprint density at radius 3 is 2.82 bits per heavy atom. The maximum absolute atomic E-state index is 13.2. The maximum Gasteiger partial charge on any atom is 0.283 e. The number of fused-ring (bicyclic) bond motifs is 2. The van der Waals surface area contributed by atoms with Crippen molar-refractivity contribution in [1.82, 2.24) is 29.9 Å². The van der Waals surface area contributed by atoms with Gasteiger partial charge in [-0.05, 0) is 48.0 Å². The molecule has 0 bridgehead atoms. The second-order valence-electron chi connectivity index (χ2n) is 11.5. The van der Waals surface area contributed by atoms with Gasteiger partial charge in [0.1, 0.15) is 0 Å². The number of carbonyl (C=O) groups excluding carboxylic acids is 1. The molecule has 2 aromatic carbocycles. The average molecular weight is 610 g/mol. The summed E-state index contributed by atoms with van der Waals surface area (Å²) in [5.74, 6) is -0.595. The third-order valence-electron chi connectivity index (χ3n) is 8.11. The van der Waals surface area contributed by atoms with Gasteiger partial charge in [-0.3, -0.25) is 9.78 Å². The standard InChI is InChI=1S/C33H36FN9O2/c1-19(2)27-17-39-43-30(27)41-32(37-16-23-10-12-35-18-28(23)44)42-33(43)38-15-22-6-4-5-7-25(22)29-26-9-8-24(40-31(45)20(3)34)14-21(26)11-13-36-29/h4-9,11,13-14,17,19,23,28,35,44H,3,10,12,15-16,18H2,1-2H3,(H,40,45)(H2,37,38,41,42)/t23-,28+/m0/s1. The van der Waals surface area contributed by atoms with Crippen LogP contribution in [0.5, 0.6) is 0 Å². The molecule has 232 valence electrons. The van der Waals surface area contributed by atoms with Crippen molar-refractivity contribution in [2.45, 2.75) is 38.8 Å². The van der Waals surface area contributed by atoms with E-state index in [0.717, 1.165) is 51.8 Å². The van der Waals surface area contributed by atoms with Crippen molar-refractivity contribution in [3.63, 3.8) is 0 Å². The number of hydrogen-bond acceptors (Lipinski definition) is 9. The molecular weight excluding hydrogens is 573 g/mol. The van der Waals surface area contributed by atoms with E-state index in [1.165, 1.54) is 0 Å². The monoisotopic (exact) mass is 609 g/mol. The predicted molar refractivity (Wildman–Crippen MR) is 174 cm³/mol. The molecule has 1 amide bonds. The van der Waals surface area contributed by atoms with E-state index in [4.69, 9.17) is 15.0 Å². The molecule has 1 aliphatic heterocycles. The van der Waals surface area contributed by atoms with E-state index in [-0.39, 0.29) is 11.8 Å². The number of hydrogen-bond donors (Lipinski definition) is 5. The summed E-state index contributed by atoms with van der Waals surface area (Å²) in [4.78, 5) is 26.1. The predicted octanol–water partition coefficient (Wildman–Crippen LogP) is 4.88. The first-order chi connectivity index (χ1) is 21.8. The summed E-state index contributed by atoms with van der Waals surface area (Å²) in [6.07, 6.45) is 3.99. The molecule has 3 aromatic heterocycles. The van der Waals surface area contributed by atoms with Gasteiger partial charge in [0.05, 0.1) is 18.0 Å². The highest BCUT2D eigenvalue weighted by Crippen LogP contribution is 2.31. The number of aliphatic hydroxyl groups excluding tert-OH is 1. The number of rotatable bonds is 10. The molecule has 4 heterocycles. The van der Waals surface area contributed by atoms with E-state index < -0.39 is 17.8 Å². The smallest absolute Gasteiger partial charge is 0.283 e. The molecule has 1 fully saturated rings. The van der Waals surface area contributed by atoms with Gasteiger partial charge in [-0.15, -0.1) is 0 Å². The topological polar surface area (TPSA) is 141 Å². The van der Waals surface area contributed by atoms with Gasteiger partial charge in [-0.25, -0.2) is 4.39 Å². The summed E-state index contributed by atoms with van der Waals surface area (Å²) in [5, 5.41) is 29.3. The number of carbonyl (C=O) groups is 1. The zero-order valence-corrected chi connectivity index (χ0v) is 25.2. The maximum atomic E-state index is 13.2. The Bertz CT molecular complexity index is 1870. The van der Waals surface area contributed by atoms with E-state index in [9.17, 15) is 14.3 Å². The molecule has 0 radical (unpaired) electrons. The van der Waals surface area contributed by atoms with Crippen LogP contribution in [0.25, 0.3) is 27.7 Å². The van der Waals surface area contributed by atoms with Crippen molar-refractivity contribution in [2.24, 2.45) is 5.92 Å². The normalized spacial score (nSPS) is 16.6. The van der Waals surface area contributed by atoms with Gasteiger partial charge >= 0.3 is 0 Å². The summed E-state index contributed by atoms with van der Waals surface area (Å²) in [6, 6.07) is 15.2. The van der Waals surface area contributed by atoms with Crippen LogP contribution in [0.15, 0.2) is 73.3 Å². The molecule has 6 rings (SSSR count). The van der Waals surface area contributed by atoms with Gasteiger partial charge in [-0.2, -0.15) is 19.6 Å². The third-order valence-corrected chi connectivity index (χ3v) is 8.11. The van der Waals surface area contributed by atoms with Crippen LogP contribution in [-0.4, -0.2) is 61.3 Å². The van der Waals surface area contributed by atoms with E-state index >= 15 is 0 Å². The second kappa shape index (κ2) is 13.0. The first-order valence-electron chi connectivity index (χ1n) is 15.0. The van der Waals surface area contributed by atoms with Crippen LogP contribution in [0.2, 0.25) is 0 Å². The highest BCUT2D eigenvalue weighted by atomic mass is 19.1. The minimum absolute atomic E-state index is 0.104. The molecule has 12 heteroatoms. The lowest BCUT2D eigenvalue weighted by Gasteiger charge is -2.28. The summed E-state index contributed by atoms with van der Waals surface area (Å²) >= 11 is 0. The fourth-order valence-electron chi connectivity index (χ4n) is 5.60. The first kappa shape index (κ1) is 30.1. The second-order valence-corrected chi connectivity index (χ2v) is 11.5. The van der Waals surface area contributed by atoms with Crippen LogP contribution in [0, 0.1) is 5.92 Å². The minimum Gasteiger partial charge on any atom is -0.391 e. The number of benzene rings is 2. The Labute approximate surface area is 260 Å². The average Bonchev–Trinajstić information content (AvgIpc) is 3.48. The molecule has 5 N–H and O–H groups in total. The van der Waals surface area contributed by atoms with Crippen molar-refractivity contribution in [2.75, 3.05) is 35.6 Å². The molecule has 0 unspecified atom stereocenters. The van der Waals surface area contributed by atoms with E-state index in [1.54, 1.807) is 22.8 Å². The van der Waals surface area contributed by atoms with Crippen LogP contribution in [0.3, 0.4) is 0 Å². The lowest BCUT2D eigenvalue weighted by molar-refractivity contribution is -0.114. The summed E-state index contributed by atoms with van der Waals surface area (Å²) in [5.41, 5.74) is 4.88. The van der Waals surface area contributed by atoms with Crippen LogP contribution in [0.4, 0.5) is 22.0 Å². The van der Waals surface area contributed by atoms with Crippen LogP contribution in [0.1, 0.15) is 37.3 Å².